The van der Waals surface area contributed by atoms with Crippen molar-refractivity contribution in [1.82, 2.24) is 20.5 Å². The number of hydrogen-bond acceptors (Lipinski definition) is 4. The van der Waals surface area contributed by atoms with Crippen LogP contribution in [-0.4, -0.2) is 34.2 Å². The van der Waals surface area contributed by atoms with E-state index in [1.165, 1.54) is 0 Å². The van der Waals surface area contributed by atoms with Gasteiger partial charge in [-0.25, -0.2) is 0 Å². The first-order valence-electron chi connectivity index (χ1n) is 6.93. The summed E-state index contributed by atoms with van der Waals surface area (Å²) in [6.07, 6.45) is 1.68. The van der Waals surface area contributed by atoms with Crippen molar-refractivity contribution in [2.45, 2.75) is 12.8 Å². The first-order valence-corrected chi connectivity index (χ1v) is 7.31. The zero-order chi connectivity index (χ0) is 14.7. The molecule has 0 atom stereocenters. The molecule has 1 aliphatic rings. The van der Waals surface area contributed by atoms with Gasteiger partial charge in [-0.2, -0.15) is 4.98 Å². The lowest BCUT2D eigenvalue weighted by atomic mass is 9.97. The van der Waals surface area contributed by atoms with Gasteiger partial charge in [0.25, 0.3) is 0 Å². The molecule has 1 saturated heterocycles. The van der Waals surface area contributed by atoms with Gasteiger partial charge in [0, 0.05) is 11.5 Å². The van der Waals surface area contributed by atoms with Crippen molar-refractivity contribution in [3.8, 4) is 11.4 Å². The Morgan fingerprint density at radius 3 is 2.73 bits per heavy atom. The fraction of sp³-hybridized carbons (Fsp3) is 0.357. The van der Waals surface area contributed by atoms with Crippen LogP contribution in [0.5, 0.6) is 0 Å². The molecule has 22 heavy (non-hydrogen) atoms. The lowest BCUT2D eigenvalue weighted by Gasteiger charge is -2.20. The zero-order valence-corrected chi connectivity index (χ0v) is 13.4. The Bertz CT molecular complexity index is 640. The Morgan fingerprint density at radius 2 is 2.00 bits per heavy atom. The molecule has 0 aliphatic carbocycles. The van der Waals surface area contributed by atoms with Gasteiger partial charge < -0.3 is 5.32 Å². The van der Waals surface area contributed by atoms with Crippen LogP contribution < -0.4 is 10.6 Å². The number of aromatic nitrogens is 3. The number of aromatic amines is 1. The molecule has 1 aliphatic heterocycles. The second-order valence-electron chi connectivity index (χ2n) is 5.00. The Kier molecular flexibility index (Phi) is 5.76. The number of nitrogens with zero attached hydrogens (tertiary/aromatic N) is 2. The highest BCUT2D eigenvalue weighted by atomic mass is 35.5. The molecule has 1 amide bonds. The summed E-state index contributed by atoms with van der Waals surface area (Å²) in [6, 6.07) is 7.35. The number of rotatable bonds is 3. The second kappa shape index (κ2) is 7.58. The van der Waals surface area contributed by atoms with Gasteiger partial charge in [0.2, 0.25) is 11.9 Å². The van der Waals surface area contributed by atoms with Gasteiger partial charge in [-0.05, 0) is 38.1 Å². The molecule has 8 heteroatoms. The van der Waals surface area contributed by atoms with Crippen molar-refractivity contribution in [2.24, 2.45) is 5.92 Å². The van der Waals surface area contributed by atoms with E-state index in [0.29, 0.717) is 10.8 Å². The summed E-state index contributed by atoms with van der Waals surface area (Å²) in [5.74, 6) is 0.824. The molecule has 6 nitrogen and oxygen atoms in total. The van der Waals surface area contributed by atoms with E-state index in [2.05, 4.69) is 25.8 Å². The maximum absolute atomic E-state index is 12.1. The van der Waals surface area contributed by atoms with Crippen LogP contribution in [0, 0.1) is 5.92 Å². The summed E-state index contributed by atoms with van der Waals surface area (Å²) in [5, 5.41) is 13.4. The van der Waals surface area contributed by atoms with Gasteiger partial charge in [-0.1, -0.05) is 23.7 Å². The highest BCUT2D eigenvalue weighted by molar-refractivity contribution is 6.33. The average molecular weight is 342 g/mol. The van der Waals surface area contributed by atoms with Crippen molar-refractivity contribution in [3.05, 3.63) is 29.3 Å². The van der Waals surface area contributed by atoms with Crippen molar-refractivity contribution < 1.29 is 4.79 Å². The molecule has 0 bridgehead atoms. The molecule has 3 rings (SSSR count). The van der Waals surface area contributed by atoms with Crippen LogP contribution in [0.1, 0.15) is 12.8 Å². The van der Waals surface area contributed by atoms with E-state index in [1.54, 1.807) is 6.07 Å². The van der Waals surface area contributed by atoms with Crippen LogP contribution in [-0.2, 0) is 4.79 Å². The first-order chi connectivity index (χ1) is 10.2. The molecule has 0 unspecified atom stereocenters. The Morgan fingerprint density at radius 1 is 1.27 bits per heavy atom. The van der Waals surface area contributed by atoms with Crippen molar-refractivity contribution in [3.63, 3.8) is 0 Å². The van der Waals surface area contributed by atoms with E-state index in [-0.39, 0.29) is 30.2 Å². The van der Waals surface area contributed by atoms with Gasteiger partial charge in [0.05, 0.1) is 5.02 Å². The molecule has 2 aromatic rings. The number of hydrogen-bond donors (Lipinski definition) is 3. The number of piperidine rings is 1. The highest BCUT2D eigenvalue weighted by Gasteiger charge is 2.22. The fourth-order valence-electron chi connectivity index (χ4n) is 2.39. The van der Waals surface area contributed by atoms with E-state index < -0.39 is 0 Å². The number of amides is 1. The largest absolute Gasteiger partial charge is 0.317 e. The number of H-pyrrole nitrogens is 1. The Balaban J connectivity index is 0.00000176. The summed E-state index contributed by atoms with van der Waals surface area (Å²) in [4.78, 5) is 16.4. The number of anilines is 1. The second-order valence-corrected chi connectivity index (χ2v) is 5.41. The van der Waals surface area contributed by atoms with Crippen molar-refractivity contribution in [2.75, 3.05) is 18.4 Å². The van der Waals surface area contributed by atoms with Crippen LogP contribution in [0.25, 0.3) is 11.4 Å². The molecule has 0 saturated carbocycles. The quantitative estimate of drug-likeness (QED) is 0.800. The van der Waals surface area contributed by atoms with E-state index in [9.17, 15) is 4.79 Å². The highest BCUT2D eigenvalue weighted by Crippen LogP contribution is 2.25. The summed E-state index contributed by atoms with van der Waals surface area (Å²) >= 11 is 6.11. The van der Waals surface area contributed by atoms with Crippen LogP contribution in [0.4, 0.5) is 5.95 Å². The summed E-state index contributed by atoms with van der Waals surface area (Å²) in [6.45, 7) is 1.74. The lowest BCUT2D eigenvalue weighted by molar-refractivity contribution is -0.120. The number of carbonyl (C=O) groups excluding carboxylic acids is 1. The van der Waals surface area contributed by atoms with Crippen molar-refractivity contribution in [1.29, 1.82) is 0 Å². The molecule has 1 aromatic heterocycles. The number of carbonyl (C=O) groups is 1. The van der Waals surface area contributed by atoms with Gasteiger partial charge >= 0.3 is 0 Å². The molecule has 0 radical (unpaired) electrons. The molecule has 3 N–H and O–H groups in total. The lowest BCUT2D eigenvalue weighted by Crippen LogP contribution is -2.34. The summed E-state index contributed by atoms with van der Waals surface area (Å²) in [5.41, 5.74) is 0.758. The summed E-state index contributed by atoms with van der Waals surface area (Å²) in [7, 11) is 0. The molecule has 0 spiro atoms. The van der Waals surface area contributed by atoms with Crippen LogP contribution in [0.3, 0.4) is 0 Å². The van der Waals surface area contributed by atoms with Gasteiger partial charge in [0.15, 0.2) is 5.82 Å². The zero-order valence-electron chi connectivity index (χ0n) is 11.8. The average Bonchev–Trinajstić information content (AvgIpc) is 2.97. The third kappa shape index (κ3) is 3.76. The third-order valence-corrected chi connectivity index (χ3v) is 3.89. The first kappa shape index (κ1) is 16.7. The topological polar surface area (TPSA) is 82.7 Å². The standard InChI is InChI=1S/C14H16ClN5O.ClH/c15-11-4-2-1-3-10(11)12-17-14(20-19-12)18-13(21)9-5-7-16-8-6-9;/h1-4,9,16H,5-8H2,(H2,17,18,19,20,21);1H. The minimum absolute atomic E-state index is 0. The van der Waals surface area contributed by atoms with Gasteiger partial charge in [-0.15, -0.1) is 17.5 Å². The Hall–Kier alpha value is -1.63. The Labute approximate surface area is 139 Å². The number of halogens is 2. The number of benzene rings is 1. The normalized spacial score (nSPS) is 15.1. The monoisotopic (exact) mass is 341 g/mol. The molecule has 118 valence electrons. The van der Waals surface area contributed by atoms with E-state index >= 15 is 0 Å². The van der Waals surface area contributed by atoms with E-state index in [1.807, 2.05) is 18.2 Å². The van der Waals surface area contributed by atoms with E-state index in [0.717, 1.165) is 31.5 Å². The SMILES string of the molecule is Cl.O=C(Nc1n[nH]c(-c2ccccc2Cl)n1)C1CCNCC1. The molecular weight excluding hydrogens is 325 g/mol. The number of nitrogens with one attached hydrogen (secondary N) is 3. The fourth-order valence-corrected chi connectivity index (χ4v) is 2.61. The molecule has 2 heterocycles. The maximum Gasteiger partial charge on any atom is 0.249 e. The van der Waals surface area contributed by atoms with Gasteiger partial charge in [-0.3, -0.25) is 15.2 Å². The van der Waals surface area contributed by atoms with Gasteiger partial charge in [0.1, 0.15) is 0 Å². The third-order valence-electron chi connectivity index (χ3n) is 3.56. The van der Waals surface area contributed by atoms with Crippen LogP contribution >= 0.6 is 24.0 Å². The van der Waals surface area contributed by atoms with E-state index in [4.69, 9.17) is 11.6 Å². The van der Waals surface area contributed by atoms with Crippen LogP contribution in [0.2, 0.25) is 5.02 Å². The molecule has 1 fully saturated rings. The molecular formula is C14H17Cl2N5O. The maximum atomic E-state index is 12.1. The summed E-state index contributed by atoms with van der Waals surface area (Å²) < 4.78 is 0. The smallest absolute Gasteiger partial charge is 0.249 e. The molecule has 1 aromatic carbocycles. The minimum atomic E-state index is -0.0267. The van der Waals surface area contributed by atoms with Crippen LogP contribution in [0.15, 0.2) is 24.3 Å². The minimum Gasteiger partial charge on any atom is -0.317 e. The predicted molar refractivity (Wildman–Crippen MR) is 88.3 cm³/mol. The van der Waals surface area contributed by atoms with Crippen molar-refractivity contribution >= 4 is 35.9 Å². The predicted octanol–water partition coefficient (Wildman–Crippen LogP) is 2.49.